The third-order valence-electron chi connectivity index (χ3n) is 6.60. The van der Waals surface area contributed by atoms with E-state index in [-0.39, 0.29) is 18.2 Å². The summed E-state index contributed by atoms with van der Waals surface area (Å²) in [4.78, 5) is 26.3. The van der Waals surface area contributed by atoms with E-state index >= 15 is 0 Å². The number of aliphatic hydroxyl groups excluding tert-OH is 1. The van der Waals surface area contributed by atoms with Crippen molar-refractivity contribution in [2.75, 3.05) is 6.54 Å². The molecule has 0 bridgehead atoms. The topological polar surface area (TPSA) is 96.3 Å². The first-order valence-corrected chi connectivity index (χ1v) is 12.9. The lowest BCUT2D eigenvalue weighted by Gasteiger charge is -2.37. The Balaban J connectivity index is 1.55. The fourth-order valence-electron chi connectivity index (χ4n) is 4.65. The number of carbonyl (C=O) groups excluding carboxylic acids is 1. The van der Waals surface area contributed by atoms with Crippen LogP contribution in [0.4, 0.5) is 4.79 Å². The van der Waals surface area contributed by atoms with Gasteiger partial charge in [-0.05, 0) is 94.0 Å². The summed E-state index contributed by atoms with van der Waals surface area (Å²) in [7, 11) is 0. The number of aliphatic hydroxyl groups is 1. The van der Waals surface area contributed by atoms with E-state index in [9.17, 15) is 19.8 Å². The molecule has 0 heterocycles. The Kier molecular flexibility index (Phi) is 8.07. The van der Waals surface area contributed by atoms with Gasteiger partial charge in [0.15, 0.2) is 0 Å². The van der Waals surface area contributed by atoms with E-state index in [1.807, 2.05) is 70.2 Å². The summed E-state index contributed by atoms with van der Waals surface area (Å²) in [5.41, 5.74) is 3.56. The lowest BCUT2D eigenvalue weighted by molar-refractivity contribution is 0.00194. The van der Waals surface area contributed by atoms with Gasteiger partial charge < -0.3 is 24.6 Å². The Morgan fingerprint density at radius 1 is 1.00 bits per heavy atom. The molecular formula is C31H35NO6. The zero-order chi connectivity index (χ0) is 27.4. The molecular weight excluding hydrogens is 482 g/mol. The summed E-state index contributed by atoms with van der Waals surface area (Å²) < 4.78 is 11.7. The second kappa shape index (κ2) is 11.3. The molecule has 7 nitrogen and oxygen atoms in total. The summed E-state index contributed by atoms with van der Waals surface area (Å²) in [6.07, 6.45) is 0.806. The standard InChI is InChI=1S/C31H35NO6/c1-20-8-10-22(11-9-20)28(33)19-32(30(36)38-31(2,3)4)25-14-12-21-13-15-27(18-24(21)16-25)37-26-7-5-6-23(17-26)29(34)35/h5-11,13,15,17-18,25,28,33H,12,14,16,19H2,1-4H3,(H,34,35)/t25-,28+/m0/s1. The SMILES string of the molecule is Cc1ccc([C@H](O)CN(C(=O)OC(C)(C)C)[C@H]2CCc3ccc(Oc4cccc(C(=O)O)c4)cc3C2)cc1. The molecule has 1 amide bonds. The summed E-state index contributed by atoms with van der Waals surface area (Å²) in [5, 5.41) is 20.3. The summed E-state index contributed by atoms with van der Waals surface area (Å²) in [6.45, 7) is 7.61. The van der Waals surface area contributed by atoms with Crippen LogP contribution in [0.25, 0.3) is 0 Å². The van der Waals surface area contributed by atoms with Crippen molar-refractivity contribution in [3.63, 3.8) is 0 Å². The lowest BCUT2D eigenvalue weighted by Crippen LogP contribution is -2.47. The molecule has 4 rings (SSSR count). The first kappa shape index (κ1) is 27.2. The van der Waals surface area contributed by atoms with Crippen LogP contribution in [0.15, 0.2) is 66.7 Å². The number of fused-ring (bicyclic) bond motifs is 1. The zero-order valence-corrected chi connectivity index (χ0v) is 22.3. The van der Waals surface area contributed by atoms with Gasteiger partial charge in [-0.25, -0.2) is 9.59 Å². The van der Waals surface area contributed by atoms with E-state index in [2.05, 4.69) is 0 Å². The molecule has 0 radical (unpaired) electrons. The number of carboxylic acids is 1. The van der Waals surface area contributed by atoms with Gasteiger partial charge in [0, 0.05) is 6.04 Å². The molecule has 38 heavy (non-hydrogen) atoms. The Morgan fingerprint density at radius 3 is 2.39 bits per heavy atom. The third-order valence-corrected chi connectivity index (χ3v) is 6.60. The minimum absolute atomic E-state index is 0.121. The molecule has 1 aliphatic carbocycles. The predicted octanol–water partition coefficient (Wildman–Crippen LogP) is 6.31. The molecule has 1 aliphatic rings. The number of rotatable bonds is 7. The zero-order valence-electron chi connectivity index (χ0n) is 22.3. The number of hydrogen-bond donors (Lipinski definition) is 2. The van der Waals surface area contributed by atoms with Crippen LogP contribution < -0.4 is 4.74 Å². The first-order chi connectivity index (χ1) is 18.0. The van der Waals surface area contributed by atoms with Crippen molar-refractivity contribution in [1.82, 2.24) is 4.90 Å². The number of nitrogens with zero attached hydrogens (tertiary/aromatic N) is 1. The van der Waals surface area contributed by atoms with Gasteiger partial charge in [0.1, 0.15) is 17.1 Å². The maximum atomic E-state index is 13.3. The van der Waals surface area contributed by atoms with Crippen molar-refractivity contribution in [2.45, 2.75) is 64.7 Å². The summed E-state index contributed by atoms with van der Waals surface area (Å²) >= 11 is 0. The van der Waals surface area contributed by atoms with Crippen molar-refractivity contribution in [3.8, 4) is 11.5 Å². The summed E-state index contributed by atoms with van der Waals surface area (Å²) in [5.74, 6) is 0.0167. The highest BCUT2D eigenvalue weighted by atomic mass is 16.6. The Hall–Kier alpha value is -3.84. The van der Waals surface area contributed by atoms with Gasteiger partial charge in [0.05, 0.1) is 18.2 Å². The van der Waals surface area contributed by atoms with Crippen LogP contribution in [0, 0.1) is 6.92 Å². The van der Waals surface area contributed by atoms with E-state index in [0.29, 0.717) is 17.9 Å². The highest BCUT2D eigenvalue weighted by Crippen LogP contribution is 2.32. The van der Waals surface area contributed by atoms with Crippen molar-refractivity contribution in [1.29, 1.82) is 0 Å². The van der Waals surface area contributed by atoms with Gasteiger partial charge in [-0.1, -0.05) is 42.0 Å². The van der Waals surface area contributed by atoms with E-state index in [1.54, 1.807) is 17.0 Å². The van der Waals surface area contributed by atoms with Gasteiger partial charge in [0.25, 0.3) is 0 Å². The number of hydrogen-bond acceptors (Lipinski definition) is 5. The van der Waals surface area contributed by atoms with E-state index in [1.165, 1.54) is 17.7 Å². The maximum Gasteiger partial charge on any atom is 0.410 e. The second-order valence-electron chi connectivity index (χ2n) is 10.8. The van der Waals surface area contributed by atoms with E-state index in [4.69, 9.17) is 9.47 Å². The van der Waals surface area contributed by atoms with Gasteiger partial charge in [-0.15, -0.1) is 0 Å². The quantitative estimate of drug-likeness (QED) is 0.381. The fraction of sp³-hybridized carbons (Fsp3) is 0.355. The minimum Gasteiger partial charge on any atom is -0.478 e. The van der Waals surface area contributed by atoms with Crippen LogP contribution in [0.2, 0.25) is 0 Å². The molecule has 0 spiro atoms. The van der Waals surface area contributed by atoms with Crippen molar-refractivity contribution >= 4 is 12.1 Å². The average Bonchev–Trinajstić information content (AvgIpc) is 2.86. The number of carbonyl (C=O) groups is 2. The molecule has 200 valence electrons. The molecule has 2 atom stereocenters. The predicted molar refractivity (Wildman–Crippen MR) is 145 cm³/mol. The van der Waals surface area contributed by atoms with Crippen LogP contribution in [0.1, 0.15) is 65.9 Å². The van der Waals surface area contributed by atoms with Gasteiger partial charge in [-0.3, -0.25) is 0 Å². The molecule has 3 aromatic rings. The minimum atomic E-state index is -1.02. The lowest BCUT2D eigenvalue weighted by atomic mass is 9.87. The molecule has 0 aliphatic heterocycles. The molecule has 0 unspecified atom stereocenters. The number of benzene rings is 3. The number of aryl methyl sites for hydroxylation is 2. The first-order valence-electron chi connectivity index (χ1n) is 12.9. The fourth-order valence-corrected chi connectivity index (χ4v) is 4.65. The second-order valence-corrected chi connectivity index (χ2v) is 10.8. The van der Waals surface area contributed by atoms with E-state index in [0.717, 1.165) is 29.5 Å². The third kappa shape index (κ3) is 6.92. The number of carboxylic acid groups (broad SMARTS) is 1. The molecule has 2 N–H and O–H groups in total. The van der Waals surface area contributed by atoms with Crippen molar-refractivity contribution in [3.05, 3.63) is 94.5 Å². The van der Waals surface area contributed by atoms with Gasteiger partial charge in [-0.2, -0.15) is 0 Å². The molecule has 0 saturated heterocycles. The monoisotopic (exact) mass is 517 g/mol. The van der Waals surface area contributed by atoms with Crippen LogP contribution in [0.5, 0.6) is 11.5 Å². The van der Waals surface area contributed by atoms with Crippen LogP contribution in [-0.2, 0) is 17.6 Å². The normalized spacial score (nSPS) is 15.8. The molecule has 0 aromatic heterocycles. The number of amides is 1. The summed E-state index contributed by atoms with van der Waals surface area (Å²) in [6, 6.07) is 19.7. The molecule has 3 aromatic carbocycles. The van der Waals surface area contributed by atoms with Crippen LogP contribution in [-0.4, -0.2) is 45.4 Å². The number of aromatic carboxylic acids is 1. The maximum absolute atomic E-state index is 13.3. The highest BCUT2D eigenvalue weighted by Gasteiger charge is 2.33. The smallest absolute Gasteiger partial charge is 0.410 e. The average molecular weight is 518 g/mol. The molecule has 7 heteroatoms. The Morgan fingerprint density at radius 2 is 1.71 bits per heavy atom. The van der Waals surface area contributed by atoms with Crippen LogP contribution in [0.3, 0.4) is 0 Å². The Bertz CT molecular complexity index is 1290. The molecule has 0 saturated carbocycles. The van der Waals surface area contributed by atoms with Crippen LogP contribution >= 0.6 is 0 Å². The molecule has 0 fully saturated rings. The van der Waals surface area contributed by atoms with E-state index < -0.39 is 23.8 Å². The largest absolute Gasteiger partial charge is 0.478 e. The highest BCUT2D eigenvalue weighted by molar-refractivity contribution is 5.88. The van der Waals surface area contributed by atoms with Crippen molar-refractivity contribution in [2.24, 2.45) is 0 Å². The van der Waals surface area contributed by atoms with Gasteiger partial charge in [0.2, 0.25) is 0 Å². The van der Waals surface area contributed by atoms with Gasteiger partial charge >= 0.3 is 12.1 Å². The van der Waals surface area contributed by atoms with Crippen molar-refractivity contribution < 1.29 is 29.3 Å². The Labute approximate surface area is 223 Å². The number of ether oxygens (including phenoxy) is 2.